The maximum Gasteiger partial charge on any atom is 0.261 e. The second-order valence-corrected chi connectivity index (χ2v) is 8.49. The molecule has 2 aliphatic heterocycles. The zero-order chi connectivity index (χ0) is 22.2. The first-order valence-corrected chi connectivity index (χ1v) is 11.0. The minimum atomic E-state index is -0.327. The molecule has 10 heteroatoms. The number of hydrogen-bond donors (Lipinski definition) is 2. The Kier molecular flexibility index (Phi) is 6.53. The highest BCUT2D eigenvalue weighted by atomic mass is 35.5. The van der Waals surface area contributed by atoms with Crippen LogP contribution in [0.5, 0.6) is 5.75 Å². The van der Waals surface area contributed by atoms with Gasteiger partial charge in [0.2, 0.25) is 0 Å². The van der Waals surface area contributed by atoms with Crippen molar-refractivity contribution in [3.63, 3.8) is 0 Å². The number of nitrogens with zero attached hydrogens (tertiary/aromatic N) is 4. The Labute approximate surface area is 197 Å². The number of halogens is 1. The lowest BCUT2D eigenvalue weighted by Gasteiger charge is -2.31. The molecule has 2 aliphatic rings. The molecule has 2 amide bonds. The first-order chi connectivity index (χ1) is 15.5. The highest BCUT2D eigenvalue weighted by Gasteiger charge is 2.34. The summed E-state index contributed by atoms with van der Waals surface area (Å²) in [6.45, 7) is 6.21. The average Bonchev–Trinajstić information content (AvgIpc) is 3.36. The van der Waals surface area contributed by atoms with Crippen LogP contribution in [0.15, 0.2) is 36.8 Å². The van der Waals surface area contributed by atoms with Crippen molar-refractivity contribution < 1.29 is 14.3 Å². The van der Waals surface area contributed by atoms with Crippen molar-refractivity contribution in [3.05, 3.63) is 53.5 Å². The Morgan fingerprint density at radius 1 is 1.27 bits per heavy atom. The molecule has 0 bridgehead atoms. The van der Waals surface area contributed by atoms with E-state index >= 15 is 0 Å². The number of anilines is 1. The average molecular weight is 471 g/mol. The summed E-state index contributed by atoms with van der Waals surface area (Å²) in [5.41, 5.74) is 2.93. The molecule has 5 rings (SSSR count). The molecule has 0 radical (unpaired) electrons. The molecular weight excluding hydrogens is 444 g/mol. The van der Waals surface area contributed by atoms with E-state index in [1.165, 1.54) is 6.20 Å². The van der Waals surface area contributed by atoms with E-state index in [9.17, 15) is 9.59 Å². The number of aromatic nitrogens is 3. The normalized spacial score (nSPS) is 16.1. The number of hydrogen-bond acceptors (Lipinski definition) is 6. The summed E-state index contributed by atoms with van der Waals surface area (Å²) in [6.07, 6.45) is 6.64. The van der Waals surface area contributed by atoms with Gasteiger partial charge in [-0.2, -0.15) is 5.10 Å². The summed E-state index contributed by atoms with van der Waals surface area (Å²) < 4.78 is 7.53. The highest BCUT2D eigenvalue weighted by Crippen LogP contribution is 2.36. The highest BCUT2D eigenvalue weighted by molar-refractivity contribution is 6.09. The van der Waals surface area contributed by atoms with Crippen LogP contribution < -0.4 is 15.4 Å². The van der Waals surface area contributed by atoms with Crippen molar-refractivity contribution in [2.75, 3.05) is 18.4 Å². The smallest absolute Gasteiger partial charge is 0.261 e. The molecule has 174 valence electrons. The van der Waals surface area contributed by atoms with Crippen LogP contribution in [-0.4, -0.2) is 56.5 Å². The Bertz CT molecular complexity index is 1190. The molecule has 3 aromatic rings. The van der Waals surface area contributed by atoms with Crippen LogP contribution in [0.1, 0.15) is 53.0 Å². The first-order valence-electron chi connectivity index (χ1n) is 11.0. The number of nitrogens with one attached hydrogen (secondary N) is 2. The summed E-state index contributed by atoms with van der Waals surface area (Å²) in [7, 11) is 0. The standard InChI is InChI=1S/C23H26N6O3.ClH/c1-14(2)32-20-11-17-15(13-28(23(17)31)16-4-7-24-8-5-16)10-19(20)27-22(30)18-12-26-29-9-3-6-25-21(18)29;/h3,6,9-12,14,16,24H,4-5,7-8,13H2,1-2H3,(H,27,30);1H. The topological polar surface area (TPSA) is 101 Å². The van der Waals surface area contributed by atoms with Crippen LogP contribution in [0, 0.1) is 0 Å². The van der Waals surface area contributed by atoms with Gasteiger partial charge in [0, 0.05) is 30.5 Å². The molecule has 0 atom stereocenters. The molecular formula is C23H27ClN6O3. The molecule has 0 saturated carbocycles. The number of carbonyl (C=O) groups is 2. The second-order valence-electron chi connectivity index (χ2n) is 8.49. The third kappa shape index (κ3) is 4.38. The third-order valence-corrected chi connectivity index (χ3v) is 5.92. The van der Waals surface area contributed by atoms with E-state index < -0.39 is 0 Å². The van der Waals surface area contributed by atoms with E-state index in [0.29, 0.717) is 34.8 Å². The molecule has 2 N–H and O–H groups in total. The van der Waals surface area contributed by atoms with E-state index in [2.05, 4.69) is 20.7 Å². The summed E-state index contributed by atoms with van der Waals surface area (Å²) in [6, 6.07) is 5.61. The van der Waals surface area contributed by atoms with Gasteiger partial charge in [-0.05, 0) is 63.5 Å². The SMILES string of the molecule is CC(C)Oc1cc2c(cc1NC(=O)c1cnn3cccnc13)CN(C1CCNCC1)C2=O.Cl. The molecule has 0 unspecified atom stereocenters. The number of benzene rings is 1. The lowest BCUT2D eigenvalue weighted by atomic mass is 10.1. The van der Waals surface area contributed by atoms with Crippen molar-refractivity contribution >= 4 is 35.6 Å². The Hall–Kier alpha value is -3.17. The van der Waals surface area contributed by atoms with E-state index in [-0.39, 0.29) is 36.4 Å². The van der Waals surface area contributed by atoms with Gasteiger partial charge in [0.25, 0.3) is 11.8 Å². The second kappa shape index (κ2) is 9.36. The summed E-state index contributed by atoms with van der Waals surface area (Å²) >= 11 is 0. The molecule has 9 nitrogen and oxygen atoms in total. The lowest BCUT2D eigenvalue weighted by molar-refractivity contribution is 0.0668. The van der Waals surface area contributed by atoms with Gasteiger partial charge in [-0.1, -0.05) is 0 Å². The first kappa shape index (κ1) is 23.0. The third-order valence-electron chi connectivity index (χ3n) is 5.92. The van der Waals surface area contributed by atoms with Crippen LogP contribution in [0.2, 0.25) is 0 Å². The van der Waals surface area contributed by atoms with Crippen molar-refractivity contribution in [1.29, 1.82) is 0 Å². The Morgan fingerprint density at radius 2 is 2.06 bits per heavy atom. The van der Waals surface area contributed by atoms with Gasteiger partial charge in [-0.25, -0.2) is 9.50 Å². The van der Waals surface area contributed by atoms with Gasteiger partial charge in [0.1, 0.15) is 11.3 Å². The molecule has 0 aliphatic carbocycles. The van der Waals surface area contributed by atoms with Gasteiger partial charge < -0.3 is 20.3 Å². The fourth-order valence-electron chi connectivity index (χ4n) is 4.40. The van der Waals surface area contributed by atoms with Crippen molar-refractivity contribution in [1.82, 2.24) is 24.8 Å². The summed E-state index contributed by atoms with van der Waals surface area (Å²) in [5, 5.41) is 10.5. The Balaban J connectivity index is 0.00000259. The van der Waals surface area contributed by atoms with E-state index in [1.807, 2.05) is 24.8 Å². The lowest BCUT2D eigenvalue weighted by Crippen LogP contribution is -2.43. The maximum absolute atomic E-state index is 13.1. The maximum atomic E-state index is 13.1. The molecule has 2 aromatic heterocycles. The number of fused-ring (bicyclic) bond motifs is 2. The Morgan fingerprint density at radius 3 is 2.82 bits per heavy atom. The van der Waals surface area contributed by atoms with Gasteiger partial charge >= 0.3 is 0 Å². The van der Waals surface area contributed by atoms with E-state index in [0.717, 1.165) is 31.5 Å². The quantitative estimate of drug-likeness (QED) is 0.594. The van der Waals surface area contributed by atoms with Gasteiger partial charge in [-0.3, -0.25) is 9.59 Å². The van der Waals surface area contributed by atoms with Crippen LogP contribution in [0.3, 0.4) is 0 Å². The largest absolute Gasteiger partial charge is 0.489 e. The van der Waals surface area contributed by atoms with E-state index in [4.69, 9.17) is 4.74 Å². The van der Waals surface area contributed by atoms with Crippen LogP contribution >= 0.6 is 12.4 Å². The van der Waals surface area contributed by atoms with Crippen molar-refractivity contribution in [3.8, 4) is 5.75 Å². The fourth-order valence-corrected chi connectivity index (χ4v) is 4.40. The molecule has 4 heterocycles. The zero-order valence-corrected chi connectivity index (χ0v) is 19.4. The monoisotopic (exact) mass is 470 g/mol. The number of amides is 2. The number of carbonyl (C=O) groups excluding carboxylic acids is 2. The van der Waals surface area contributed by atoms with Crippen LogP contribution in [0.25, 0.3) is 5.65 Å². The molecule has 0 spiro atoms. The summed E-state index contributed by atoms with van der Waals surface area (Å²) in [4.78, 5) is 32.4. The van der Waals surface area contributed by atoms with Gasteiger partial charge in [0.05, 0.1) is 18.0 Å². The number of rotatable bonds is 5. The van der Waals surface area contributed by atoms with Crippen molar-refractivity contribution in [2.24, 2.45) is 0 Å². The molecule has 33 heavy (non-hydrogen) atoms. The van der Waals surface area contributed by atoms with Gasteiger partial charge in [-0.15, -0.1) is 12.4 Å². The number of ether oxygens (including phenoxy) is 1. The minimum absolute atomic E-state index is 0. The van der Waals surface area contributed by atoms with Crippen molar-refractivity contribution in [2.45, 2.75) is 45.4 Å². The van der Waals surface area contributed by atoms with Crippen LogP contribution in [-0.2, 0) is 6.54 Å². The van der Waals surface area contributed by atoms with Gasteiger partial charge in [0.15, 0.2) is 5.65 Å². The number of piperidine rings is 1. The summed E-state index contributed by atoms with van der Waals surface area (Å²) in [5.74, 6) is 0.189. The minimum Gasteiger partial charge on any atom is -0.489 e. The molecule has 1 fully saturated rings. The predicted molar refractivity (Wildman–Crippen MR) is 126 cm³/mol. The van der Waals surface area contributed by atoms with Crippen LogP contribution in [0.4, 0.5) is 5.69 Å². The molecule has 1 saturated heterocycles. The molecule has 1 aromatic carbocycles. The fraction of sp³-hybridized carbons (Fsp3) is 0.391. The zero-order valence-electron chi connectivity index (χ0n) is 18.6. The predicted octanol–water partition coefficient (Wildman–Crippen LogP) is 2.90. The van der Waals surface area contributed by atoms with E-state index in [1.54, 1.807) is 29.0 Å².